The Hall–Kier alpha value is -2.10. The smallest absolute Gasteiger partial charge is 0.166 e. The van der Waals surface area contributed by atoms with Gasteiger partial charge in [-0.05, 0) is 23.8 Å². The molecule has 2 nitrogen and oxygen atoms in total. The third-order valence-electron chi connectivity index (χ3n) is 2.50. The van der Waals surface area contributed by atoms with Gasteiger partial charge in [0.25, 0.3) is 0 Å². The van der Waals surface area contributed by atoms with Crippen LogP contribution in [0.1, 0.15) is 0 Å². The predicted molar refractivity (Wildman–Crippen MR) is 62.8 cm³/mol. The van der Waals surface area contributed by atoms with E-state index in [1.54, 1.807) is 18.2 Å². The van der Waals surface area contributed by atoms with E-state index in [0.717, 1.165) is 6.07 Å². The number of hydrogen-bond donors (Lipinski definition) is 1. The van der Waals surface area contributed by atoms with Crippen molar-refractivity contribution in [3.05, 3.63) is 48.0 Å². The Bertz CT molecular complexity index is 555. The van der Waals surface area contributed by atoms with Gasteiger partial charge in [0.1, 0.15) is 5.75 Å². The molecular weight excluding hydrogens is 224 g/mol. The number of nitrogen functional groups attached to an aromatic ring is 1. The summed E-state index contributed by atoms with van der Waals surface area (Å²) in [5.74, 6) is -1.32. The van der Waals surface area contributed by atoms with Crippen LogP contribution in [-0.2, 0) is 0 Å². The van der Waals surface area contributed by atoms with Crippen molar-refractivity contribution < 1.29 is 13.5 Å². The fourth-order valence-electron chi connectivity index (χ4n) is 1.61. The largest absolute Gasteiger partial charge is 0.495 e. The summed E-state index contributed by atoms with van der Waals surface area (Å²) in [4.78, 5) is 0. The minimum atomic E-state index is -0.877. The van der Waals surface area contributed by atoms with Crippen molar-refractivity contribution >= 4 is 5.69 Å². The molecule has 0 bridgehead atoms. The minimum absolute atomic E-state index is 0.184. The summed E-state index contributed by atoms with van der Waals surface area (Å²) in [6.07, 6.45) is 0. The number of benzene rings is 2. The number of ether oxygens (including phenoxy) is 1. The first-order valence-electron chi connectivity index (χ1n) is 5.01. The second-order valence-electron chi connectivity index (χ2n) is 3.56. The van der Waals surface area contributed by atoms with Gasteiger partial charge in [0.15, 0.2) is 11.6 Å². The molecule has 0 aliphatic carbocycles. The lowest BCUT2D eigenvalue weighted by Crippen LogP contribution is -1.94. The molecule has 88 valence electrons. The SMILES string of the molecule is COc1cc(-c2cccc(F)c2F)ccc1N. The molecule has 0 fully saturated rings. The van der Waals surface area contributed by atoms with Gasteiger partial charge in [-0.1, -0.05) is 18.2 Å². The predicted octanol–water partition coefficient (Wildman–Crippen LogP) is 3.22. The van der Waals surface area contributed by atoms with Crippen molar-refractivity contribution in [3.8, 4) is 16.9 Å². The van der Waals surface area contributed by atoms with Crippen molar-refractivity contribution in [1.82, 2.24) is 0 Å². The quantitative estimate of drug-likeness (QED) is 0.811. The molecule has 17 heavy (non-hydrogen) atoms. The molecule has 0 saturated heterocycles. The number of hydrogen-bond acceptors (Lipinski definition) is 2. The summed E-state index contributed by atoms with van der Waals surface area (Å²) >= 11 is 0. The Labute approximate surface area is 97.6 Å². The highest BCUT2D eigenvalue weighted by Crippen LogP contribution is 2.30. The Kier molecular flexibility index (Phi) is 2.95. The normalized spacial score (nSPS) is 10.3. The van der Waals surface area contributed by atoms with Crippen LogP contribution in [0.4, 0.5) is 14.5 Å². The first-order chi connectivity index (χ1) is 8.13. The average Bonchev–Trinajstić information content (AvgIpc) is 2.34. The van der Waals surface area contributed by atoms with Crippen molar-refractivity contribution in [2.75, 3.05) is 12.8 Å². The zero-order valence-electron chi connectivity index (χ0n) is 9.21. The van der Waals surface area contributed by atoms with Crippen LogP contribution >= 0.6 is 0 Å². The van der Waals surface area contributed by atoms with Crippen LogP contribution in [0.5, 0.6) is 5.75 Å². The molecule has 0 radical (unpaired) electrons. The maximum absolute atomic E-state index is 13.6. The number of halogens is 2. The van der Waals surface area contributed by atoms with E-state index in [1.165, 1.54) is 19.2 Å². The zero-order chi connectivity index (χ0) is 12.4. The molecule has 0 unspecified atom stereocenters. The Morgan fingerprint density at radius 2 is 1.88 bits per heavy atom. The van der Waals surface area contributed by atoms with Crippen LogP contribution in [0, 0.1) is 11.6 Å². The second-order valence-corrected chi connectivity index (χ2v) is 3.56. The van der Waals surface area contributed by atoms with E-state index >= 15 is 0 Å². The van der Waals surface area contributed by atoms with Gasteiger partial charge < -0.3 is 10.5 Å². The first-order valence-corrected chi connectivity index (χ1v) is 5.01. The summed E-state index contributed by atoms with van der Waals surface area (Å²) in [6.45, 7) is 0. The van der Waals surface area contributed by atoms with Crippen LogP contribution in [0.15, 0.2) is 36.4 Å². The van der Waals surface area contributed by atoms with Gasteiger partial charge in [-0.15, -0.1) is 0 Å². The molecule has 0 amide bonds. The maximum atomic E-state index is 13.6. The standard InChI is InChI=1S/C13H11F2NO/c1-17-12-7-8(5-6-11(12)16)9-3-2-4-10(14)13(9)15/h2-7H,16H2,1H3. The third-order valence-corrected chi connectivity index (χ3v) is 2.50. The van der Waals surface area contributed by atoms with Crippen molar-refractivity contribution in [3.63, 3.8) is 0 Å². The maximum Gasteiger partial charge on any atom is 0.166 e. The Balaban J connectivity index is 2.57. The van der Waals surface area contributed by atoms with Gasteiger partial charge in [0.05, 0.1) is 12.8 Å². The molecule has 0 aromatic heterocycles. The van der Waals surface area contributed by atoms with Crippen molar-refractivity contribution in [2.45, 2.75) is 0 Å². The van der Waals surface area contributed by atoms with Crippen LogP contribution in [-0.4, -0.2) is 7.11 Å². The third kappa shape index (κ3) is 2.06. The molecule has 2 aromatic carbocycles. The van der Waals surface area contributed by atoms with E-state index in [4.69, 9.17) is 10.5 Å². The van der Waals surface area contributed by atoms with Gasteiger partial charge in [-0.3, -0.25) is 0 Å². The van der Waals surface area contributed by atoms with E-state index in [1.807, 2.05) is 0 Å². The van der Waals surface area contributed by atoms with Crippen molar-refractivity contribution in [2.24, 2.45) is 0 Å². The fourth-order valence-corrected chi connectivity index (χ4v) is 1.61. The topological polar surface area (TPSA) is 35.2 Å². The Morgan fingerprint density at radius 1 is 1.12 bits per heavy atom. The molecule has 0 spiro atoms. The molecule has 0 aliphatic heterocycles. The monoisotopic (exact) mass is 235 g/mol. The summed E-state index contributed by atoms with van der Waals surface area (Å²) in [6, 6.07) is 8.83. The van der Waals surface area contributed by atoms with Crippen LogP contribution in [0.3, 0.4) is 0 Å². The molecule has 0 atom stereocenters. The molecular formula is C13H11F2NO. The summed E-state index contributed by atoms with van der Waals surface area (Å²) < 4.78 is 31.7. The number of methoxy groups -OCH3 is 1. The molecule has 0 aliphatic rings. The van der Waals surface area contributed by atoms with E-state index in [9.17, 15) is 8.78 Å². The molecule has 4 heteroatoms. The molecule has 2 rings (SSSR count). The lowest BCUT2D eigenvalue weighted by atomic mass is 10.0. The van der Waals surface area contributed by atoms with Gasteiger partial charge in [0.2, 0.25) is 0 Å². The minimum Gasteiger partial charge on any atom is -0.495 e. The number of rotatable bonds is 2. The second kappa shape index (κ2) is 4.41. The highest BCUT2D eigenvalue weighted by Gasteiger charge is 2.11. The van der Waals surface area contributed by atoms with Gasteiger partial charge >= 0.3 is 0 Å². The average molecular weight is 235 g/mol. The van der Waals surface area contributed by atoms with Gasteiger partial charge in [-0.25, -0.2) is 8.78 Å². The molecule has 2 aromatic rings. The number of anilines is 1. The highest BCUT2D eigenvalue weighted by molar-refractivity contribution is 5.70. The van der Waals surface area contributed by atoms with E-state index in [-0.39, 0.29) is 5.56 Å². The Morgan fingerprint density at radius 3 is 2.59 bits per heavy atom. The van der Waals surface area contributed by atoms with Crippen LogP contribution in [0.25, 0.3) is 11.1 Å². The molecule has 0 saturated carbocycles. The van der Waals surface area contributed by atoms with Crippen LogP contribution < -0.4 is 10.5 Å². The fraction of sp³-hybridized carbons (Fsp3) is 0.0769. The number of nitrogens with two attached hydrogens (primary N) is 1. The van der Waals surface area contributed by atoms with Gasteiger partial charge in [0, 0.05) is 5.56 Å². The van der Waals surface area contributed by atoms with E-state index in [0.29, 0.717) is 17.0 Å². The molecule has 2 N–H and O–H groups in total. The summed E-state index contributed by atoms with van der Waals surface area (Å²) in [5.41, 5.74) is 6.81. The van der Waals surface area contributed by atoms with Crippen molar-refractivity contribution in [1.29, 1.82) is 0 Å². The lowest BCUT2D eigenvalue weighted by molar-refractivity contribution is 0.417. The summed E-state index contributed by atoms with van der Waals surface area (Å²) in [5, 5.41) is 0. The molecule has 0 heterocycles. The van der Waals surface area contributed by atoms with Crippen LogP contribution in [0.2, 0.25) is 0 Å². The first kappa shape index (κ1) is 11.4. The summed E-state index contributed by atoms with van der Waals surface area (Å²) in [7, 11) is 1.47. The van der Waals surface area contributed by atoms with Gasteiger partial charge in [-0.2, -0.15) is 0 Å². The van der Waals surface area contributed by atoms with E-state index < -0.39 is 11.6 Å². The zero-order valence-corrected chi connectivity index (χ0v) is 9.21. The lowest BCUT2D eigenvalue weighted by Gasteiger charge is -2.08. The van der Waals surface area contributed by atoms with E-state index in [2.05, 4.69) is 0 Å². The highest BCUT2D eigenvalue weighted by atomic mass is 19.2.